The SMILES string of the molecule is COC(=O)C1=C(C(C)C)NC(=S)N[C@H]1/C=C/c1ccc(C(F)(F)F)cc1. The van der Waals surface area contributed by atoms with Crippen molar-refractivity contribution in [2.75, 3.05) is 7.11 Å². The van der Waals surface area contributed by atoms with Crippen LogP contribution in [0.1, 0.15) is 25.0 Å². The lowest BCUT2D eigenvalue weighted by molar-refractivity contribution is -0.138. The summed E-state index contributed by atoms with van der Waals surface area (Å²) in [5.41, 5.74) is 0.898. The summed E-state index contributed by atoms with van der Waals surface area (Å²) in [5.74, 6) is -0.496. The minimum absolute atomic E-state index is 0.00567. The van der Waals surface area contributed by atoms with Gasteiger partial charge in [-0.15, -0.1) is 0 Å². The predicted molar refractivity (Wildman–Crippen MR) is 97.0 cm³/mol. The van der Waals surface area contributed by atoms with Crippen LogP contribution in [-0.2, 0) is 15.7 Å². The maximum atomic E-state index is 12.6. The van der Waals surface area contributed by atoms with Crippen molar-refractivity contribution in [3.05, 3.63) is 52.7 Å². The van der Waals surface area contributed by atoms with Crippen LogP contribution in [0.3, 0.4) is 0 Å². The van der Waals surface area contributed by atoms with Crippen molar-refractivity contribution in [2.24, 2.45) is 5.92 Å². The molecule has 2 N–H and O–H groups in total. The van der Waals surface area contributed by atoms with Crippen molar-refractivity contribution < 1.29 is 22.7 Å². The van der Waals surface area contributed by atoms with Gasteiger partial charge in [-0.25, -0.2) is 4.79 Å². The number of methoxy groups -OCH3 is 1. The Morgan fingerprint density at radius 1 is 1.27 bits per heavy atom. The van der Waals surface area contributed by atoms with E-state index < -0.39 is 23.8 Å². The molecule has 8 heteroatoms. The quantitative estimate of drug-likeness (QED) is 0.613. The Balaban J connectivity index is 2.33. The molecule has 4 nitrogen and oxygen atoms in total. The number of hydrogen-bond acceptors (Lipinski definition) is 3. The van der Waals surface area contributed by atoms with E-state index in [9.17, 15) is 18.0 Å². The average Bonchev–Trinajstić information content (AvgIpc) is 2.58. The minimum atomic E-state index is -4.38. The summed E-state index contributed by atoms with van der Waals surface area (Å²) in [6.07, 6.45) is -1.07. The summed E-state index contributed by atoms with van der Waals surface area (Å²) in [6, 6.07) is 4.21. The van der Waals surface area contributed by atoms with Crippen molar-refractivity contribution in [3.63, 3.8) is 0 Å². The highest BCUT2D eigenvalue weighted by Crippen LogP contribution is 2.29. The number of ether oxygens (including phenoxy) is 1. The molecule has 1 aliphatic heterocycles. The molecule has 0 aliphatic carbocycles. The fourth-order valence-electron chi connectivity index (χ4n) is 2.54. The van der Waals surface area contributed by atoms with Gasteiger partial charge in [0.1, 0.15) is 0 Å². The standard InChI is InChI=1S/C18H19F3N2O2S/c1-10(2)15-14(16(24)25-3)13(22-17(26)23-15)9-6-11-4-7-12(8-5-11)18(19,20)21/h4-10,13H,1-3H3,(H2,22,23,26)/b9-6+/t13-/m0/s1. The smallest absolute Gasteiger partial charge is 0.416 e. The van der Waals surface area contributed by atoms with E-state index in [2.05, 4.69) is 10.6 Å². The Bertz CT molecular complexity index is 753. The first kappa shape index (κ1) is 20.0. The van der Waals surface area contributed by atoms with Crippen LogP contribution in [0, 0.1) is 5.92 Å². The first-order valence-corrected chi connectivity index (χ1v) is 8.29. The molecular weight excluding hydrogens is 365 g/mol. The molecule has 0 saturated carbocycles. The molecule has 0 fully saturated rings. The molecular formula is C18H19F3N2O2S. The van der Waals surface area contributed by atoms with Crippen LogP contribution >= 0.6 is 12.2 Å². The van der Waals surface area contributed by atoms with Crippen LogP contribution in [0.25, 0.3) is 6.08 Å². The Morgan fingerprint density at radius 3 is 2.38 bits per heavy atom. The highest BCUT2D eigenvalue weighted by Gasteiger charge is 2.31. The van der Waals surface area contributed by atoms with Gasteiger partial charge in [0.15, 0.2) is 5.11 Å². The molecule has 1 heterocycles. The molecule has 0 amide bonds. The van der Waals surface area contributed by atoms with Crippen molar-refractivity contribution >= 4 is 29.4 Å². The summed E-state index contributed by atoms with van der Waals surface area (Å²) >= 11 is 5.18. The number of halogens is 3. The highest BCUT2D eigenvalue weighted by molar-refractivity contribution is 7.80. The summed E-state index contributed by atoms with van der Waals surface area (Å²) in [5, 5.41) is 6.31. The summed E-state index contributed by atoms with van der Waals surface area (Å²) < 4.78 is 42.8. The number of rotatable bonds is 4. The number of benzene rings is 1. The second-order valence-corrected chi connectivity index (χ2v) is 6.44. The molecule has 0 unspecified atom stereocenters. The van der Waals surface area contributed by atoms with Crippen molar-refractivity contribution in [3.8, 4) is 0 Å². The van der Waals surface area contributed by atoms with E-state index >= 15 is 0 Å². The number of allylic oxidation sites excluding steroid dienone is 1. The van der Waals surface area contributed by atoms with Crippen molar-refractivity contribution in [2.45, 2.75) is 26.1 Å². The van der Waals surface area contributed by atoms with Crippen molar-refractivity contribution in [1.29, 1.82) is 0 Å². The second-order valence-electron chi connectivity index (χ2n) is 6.03. The zero-order valence-electron chi connectivity index (χ0n) is 14.5. The monoisotopic (exact) mass is 384 g/mol. The van der Waals surface area contributed by atoms with Gasteiger partial charge in [0.05, 0.1) is 24.3 Å². The lowest BCUT2D eigenvalue weighted by Crippen LogP contribution is -2.50. The van der Waals surface area contributed by atoms with Crippen LogP contribution in [-0.4, -0.2) is 24.2 Å². The maximum absolute atomic E-state index is 12.6. The van der Waals surface area contributed by atoms with E-state index in [-0.39, 0.29) is 5.92 Å². The van der Waals surface area contributed by atoms with E-state index in [1.165, 1.54) is 19.2 Å². The number of thiocarbonyl (C=S) groups is 1. The van der Waals surface area contributed by atoms with Gasteiger partial charge in [0.2, 0.25) is 0 Å². The van der Waals surface area contributed by atoms with E-state index in [1.54, 1.807) is 12.2 Å². The molecule has 1 atom stereocenters. The number of esters is 1. The van der Waals surface area contributed by atoms with E-state index in [1.807, 2.05) is 13.8 Å². The molecule has 0 radical (unpaired) electrons. The molecule has 140 valence electrons. The number of alkyl halides is 3. The normalized spacial score (nSPS) is 18.1. The van der Waals surface area contributed by atoms with Gasteiger partial charge < -0.3 is 15.4 Å². The largest absolute Gasteiger partial charge is 0.466 e. The van der Waals surface area contributed by atoms with Gasteiger partial charge in [-0.3, -0.25) is 0 Å². The first-order chi connectivity index (χ1) is 12.1. The predicted octanol–water partition coefficient (Wildman–Crippen LogP) is 3.65. The van der Waals surface area contributed by atoms with Gasteiger partial charge in [-0.05, 0) is 35.8 Å². The van der Waals surface area contributed by atoms with E-state index in [4.69, 9.17) is 17.0 Å². The van der Waals surface area contributed by atoms with Crippen LogP contribution in [0.5, 0.6) is 0 Å². The molecule has 26 heavy (non-hydrogen) atoms. The van der Waals surface area contributed by atoms with Crippen LogP contribution < -0.4 is 10.6 Å². The number of carbonyl (C=O) groups excluding carboxylic acids is 1. The number of hydrogen-bond donors (Lipinski definition) is 2. The molecule has 0 bridgehead atoms. The average molecular weight is 384 g/mol. The summed E-state index contributed by atoms with van der Waals surface area (Å²) in [6.45, 7) is 3.83. The topological polar surface area (TPSA) is 50.4 Å². The van der Waals surface area contributed by atoms with Gasteiger partial charge in [0, 0.05) is 5.70 Å². The molecule has 0 saturated heterocycles. The van der Waals surface area contributed by atoms with Gasteiger partial charge in [-0.2, -0.15) is 13.2 Å². The van der Waals surface area contributed by atoms with Gasteiger partial charge >= 0.3 is 12.1 Å². The third kappa shape index (κ3) is 4.63. The van der Waals surface area contributed by atoms with Crippen molar-refractivity contribution in [1.82, 2.24) is 10.6 Å². The number of carbonyl (C=O) groups is 1. The first-order valence-electron chi connectivity index (χ1n) is 7.89. The lowest BCUT2D eigenvalue weighted by Gasteiger charge is -2.30. The zero-order valence-corrected chi connectivity index (χ0v) is 15.3. The Morgan fingerprint density at radius 2 is 1.88 bits per heavy atom. The summed E-state index contributed by atoms with van der Waals surface area (Å²) in [7, 11) is 1.29. The molecule has 1 aliphatic rings. The van der Waals surface area contributed by atoms with Crippen LogP contribution in [0.2, 0.25) is 0 Å². The fraction of sp³-hybridized carbons (Fsp3) is 0.333. The maximum Gasteiger partial charge on any atom is 0.416 e. The van der Waals surface area contributed by atoms with E-state index in [0.717, 1.165) is 12.1 Å². The third-order valence-corrected chi connectivity index (χ3v) is 4.06. The minimum Gasteiger partial charge on any atom is -0.466 e. The Hall–Kier alpha value is -2.35. The van der Waals surface area contributed by atoms with Crippen LogP contribution in [0.15, 0.2) is 41.6 Å². The molecule has 0 spiro atoms. The molecule has 1 aromatic rings. The van der Waals surface area contributed by atoms with E-state index in [0.29, 0.717) is 21.9 Å². The highest BCUT2D eigenvalue weighted by atomic mass is 32.1. The zero-order chi connectivity index (χ0) is 19.5. The third-order valence-electron chi connectivity index (χ3n) is 3.84. The molecule has 1 aromatic carbocycles. The Labute approximate surface area is 155 Å². The second kappa shape index (κ2) is 7.90. The van der Waals surface area contributed by atoms with Gasteiger partial charge in [-0.1, -0.05) is 38.1 Å². The summed E-state index contributed by atoms with van der Waals surface area (Å²) in [4.78, 5) is 12.2. The molecule has 0 aromatic heterocycles. The lowest BCUT2D eigenvalue weighted by atomic mass is 9.95. The fourth-order valence-corrected chi connectivity index (χ4v) is 2.78. The van der Waals surface area contributed by atoms with Gasteiger partial charge in [0.25, 0.3) is 0 Å². The Kier molecular flexibility index (Phi) is 6.07. The molecule has 2 rings (SSSR count). The number of nitrogens with one attached hydrogen (secondary N) is 2. The van der Waals surface area contributed by atoms with Crippen LogP contribution in [0.4, 0.5) is 13.2 Å².